The number of aromatic amines is 1. The summed E-state index contributed by atoms with van der Waals surface area (Å²) in [5.41, 5.74) is 4.21. The molecule has 1 N–H and O–H groups in total. The second-order valence-corrected chi connectivity index (χ2v) is 7.41. The molecular weight excluding hydrogens is 324 g/mol. The lowest BCUT2D eigenvalue weighted by molar-refractivity contribution is 0.437. The number of aromatic nitrogens is 2. The van der Waals surface area contributed by atoms with Gasteiger partial charge in [-0.15, -0.1) is 0 Å². The SMILES string of the molecule is CCC1(C)Cc2ccccc2-c2[nH]c(=O)n(-c3cccc(C)c3)c(=O)c21. The van der Waals surface area contributed by atoms with Crippen LogP contribution in [-0.2, 0) is 11.8 Å². The van der Waals surface area contributed by atoms with E-state index in [2.05, 4.69) is 24.9 Å². The molecule has 1 aliphatic carbocycles. The molecule has 0 radical (unpaired) electrons. The second-order valence-electron chi connectivity index (χ2n) is 7.41. The number of nitrogens with one attached hydrogen (secondary N) is 1. The molecule has 4 heteroatoms. The Balaban J connectivity index is 2.10. The van der Waals surface area contributed by atoms with Crippen molar-refractivity contribution in [3.63, 3.8) is 0 Å². The zero-order valence-corrected chi connectivity index (χ0v) is 15.3. The van der Waals surface area contributed by atoms with E-state index in [0.717, 1.165) is 24.0 Å². The first-order valence-electron chi connectivity index (χ1n) is 9.00. The molecule has 4 nitrogen and oxygen atoms in total. The third-order valence-corrected chi connectivity index (χ3v) is 5.61. The Hall–Kier alpha value is -2.88. The Kier molecular flexibility index (Phi) is 3.72. The van der Waals surface area contributed by atoms with Crippen LogP contribution in [0.2, 0.25) is 0 Å². The van der Waals surface area contributed by atoms with Gasteiger partial charge in [0, 0.05) is 16.5 Å². The van der Waals surface area contributed by atoms with E-state index in [4.69, 9.17) is 0 Å². The third kappa shape index (κ3) is 2.37. The molecule has 3 aromatic rings. The summed E-state index contributed by atoms with van der Waals surface area (Å²) < 4.78 is 1.27. The van der Waals surface area contributed by atoms with Crippen molar-refractivity contribution in [2.75, 3.05) is 0 Å². The molecule has 1 heterocycles. The summed E-state index contributed by atoms with van der Waals surface area (Å²) in [6.07, 6.45) is 1.62. The lowest BCUT2D eigenvalue weighted by Gasteiger charge is -2.35. The summed E-state index contributed by atoms with van der Waals surface area (Å²) >= 11 is 0. The van der Waals surface area contributed by atoms with E-state index < -0.39 is 5.69 Å². The predicted molar refractivity (Wildman–Crippen MR) is 104 cm³/mol. The molecule has 0 fully saturated rings. The monoisotopic (exact) mass is 346 g/mol. The van der Waals surface area contributed by atoms with Gasteiger partial charge in [0.15, 0.2) is 0 Å². The molecule has 0 saturated heterocycles. The first-order valence-corrected chi connectivity index (χ1v) is 9.00. The minimum Gasteiger partial charge on any atom is -0.306 e. The summed E-state index contributed by atoms with van der Waals surface area (Å²) in [6, 6.07) is 15.5. The normalized spacial score (nSPS) is 18.3. The maximum absolute atomic E-state index is 13.5. The fraction of sp³-hybridized carbons (Fsp3) is 0.273. The van der Waals surface area contributed by atoms with Crippen LogP contribution in [0, 0.1) is 6.92 Å². The highest BCUT2D eigenvalue weighted by atomic mass is 16.2. The van der Waals surface area contributed by atoms with Gasteiger partial charge >= 0.3 is 5.69 Å². The number of benzene rings is 2. The van der Waals surface area contributed by atoms with Crippen molar-refractivity contribution < 1.29 is 0 Å². The van der Waals surface area contributed by atoms with Gasteiger partial charge in [0.05, 0.1) is 11.4 Å². The van der Waals surface area contributed by atoms with Crippen molar-refractivity contribution in [1.29, 1.82) is 0 Å². The smallest absolute Gasteiger partial charge is 0.306 e. The summed E-state index contributed by atoms with van der Waals surface area (Å²) in [5, 5.41) is 0. The fourth-order valence-corrected chi connectivity index (χ4v) is 4.03. The maximum atomic E-state index is 13.5. The maximum Gasteiger partial charge on any atom is 0.333 e. The van der Waals surface area contributed by atoms with E-state index in [1.54, 1.807) is 6.07 Å². The van der Waals surface area contributed by atoms with Crippen molar-refractivity contribution in [1.82, 2.24) is 9.55 Å². The van der Waals surface area contributed by atoms with Gasteiger partial charge in [-0.1, -0.05) is 50.2 Å². The first kappa shape index (κ1) is 16.6. The van der Waals surface area contributed by atoms with Gasteiger partial charge < -0.3 is 4.98 Å². The van der Waals surface area contributed by atoms with Crippen LogP contribution in [-0.4, -0.2) is 9.55 Å². The molecule has 0 aliphatic heterocycles. The van der Waals surface area contributed by atoms with Crippen molar-refractivity contribution in [2.45, 2.75) is 39.0 Å². The average Bonchev–Trinajstić information content (AvgIpc) is 2.61. The number of rotatable bonds is 2. The predicted octanol–water partition coefficient (Wildman–Crippen LogP) is 3.73. The van der Waals surface area contributed by atoms with E-state index in [1.165, 1.54) is 10.1 Å². The number of hydrogen-bond acceptors (Lipinski definition) is 2. The molecule has 4 rings (SSSR count). The van der Waals surface area contributed by atoms with E-state index in [9.17, 15) is 9.59 Å². The lowest BCUT2D eigenvalue weighted by Crippen LogP contribution is -2.44. The number of aryl methyl sites for hydroxylation is 1. The van der Waals surface area contributed by atoms with Crippen molar-refractivity contribution >= 4 is 0 Å². The average molecular weight is 346 g/mol. The Morgan fingerprint density at radius 2 is 1.88 bits per heavy atom. The zero-order valence-electron chi connectivity index (χ0n) is 15.3. The molecule has 1 aromatic heterocycles. The van der Waals surface area contributed by atoms with Crippen molar-refractivity contribution in [3.8, 4) is 16.9 Å². The van der Waals surface area contributed by atoms with E-state index >= 15 is 0 Å². The number of fused-ring (bicyclic) bond motifs is 3. The van der Waals surface area contributed by atoms with Crippen molar-refractivity contribution in [3.05, 3.63) is 86.1 Å². The number of H-pyrrole nitrogens is 1. The summed E-state index contributed by atoms with van der Waals surface area (Å²) in [7, 11) is 0. The quantitative estimate of drug-likeness (QED) is 0.769. The second kappa shape index (κ2) is 5.84. The van der Waals surface area contributed by atoms with Crippen LogP contribution in [0.5, 0.6) is 0 Å². The molecular formula is C22H22N2O2. The molecule has 1 atom stereocenters. The van der Waals surface area contributed by atoms with Crippen LogP contribution in [0.1, 0.15) is 37.0 Å². The Labute approximate surface area is 152 Å². The Morgan fingerprint density at radius 3 is 2.62 bits per heavy atom. The van der Waals surface area contributed by atoms with Gasteiger partial charge in [-0.25, -0.2) is 9.36 Å². The topological polar surface area (TPSA) is 54.9 Å². The summed E-state index contributed by atoms with van der Waals surface area (Å²) in [4.78, 5) is 29.3. The molecule has 132 valence electrons. The molecule has 2 aromatic carbocycles. The van der Waals surface area contributed by atoms with Crippen LogP contribution in [0.25, 0.3) is 16.9 Å². The molecule has 0 spiro atoms. The Bertz CT molecular complexity index is 1120. The van der Waals surface area contributed by atoms with Crippen molar-refractivity contribution in [2.24, 2.45) is 0 Å². The van der Waals surface area contributed by atoms with E-state index in [1.807, 2.05) is 43.3 Å². The number of hydrogen-bond donors (Lipinski definition) is 1. The molecule has 0 bridgehead atoms. The van der Waals surface area contributed by atoms with Crippen LogP contribution in [0.15, 0.2) is 58.1 Å². The molecule has 0 saturated carbocycles. The van der Waals surface area contributed by atoms with Gasteiger partial charge in [0.25, 0.3) is 5.56 Å². The lowest BCUT2D eigenvalue weighted by atomic mass is 9.69. The first-order chi connectivity index (χ1) is 12.4. The van der Waals surface area contributed by atoms with E-state index in [-0.39, 0.29) is 11.0 Å². The highest BCUT2D eigenvalue weighted by Gasteiger charge is 2.37. The third-order valence-electron chi connectivity index (χ3n) is 5.61. The standard InChI is InChI=1S/C22H22N2O2/c1-4-22(3)13-15-9-5-6-11-17(15)19-18(22)20(25)24(21(26)23-19)16-10-7-8-14(2)12-16/h5-12H,4,13H2,1-3H3,(H,23,26). The van der Waals surface area contributed by atoms with Gasteiger partial charge in [-0.2, -0.15) is 0 Å². The Morgan fingerprint density at radius 1 is 1.12 bits per heavy atom. The van der Waals surface area contributed by atoms with Crippen LogP contribution < -0.4 is 11.2 Å². The summed E-state index contributed by atoms with van der Waals surface area (Å²) in [6.45, 7) is 6.16. The van der Waals surface area contributed by atoms with E-state index in [0.29, 0.717) is 16.9 Å². The highest BCUT2D eigenvalue weighted by Crippen LogP contribution is 2.41. The highest BCUT2D eigenvalue weighted by molar-refractivity contribution is 5.71. The van der Waals surface area contributed by atoms with Crippen LogP contribution in [0.3, 0.4) is 0 Å². The summed E-state index contributed by atoms with van der Waals surface area (Å²) in [5.74, 6) is 0. The fourth-order valence-electron chi connectivity index (χ4n) is 4.03. The molecule has 0 amide bonds. The zero-order chi connectivity index (χ0) is 18.5. The molecule has 1 unspecified atom stereocenters. The minimum absolute atomic E-state index is 0.215. The number of nitrogens with zero attached hydrogens (tertiary/aromatic N) is 1. The largest absolute Gasteiger partial charge is 0.333 e. The van der Waals surface area contributed by atoms with Gasteiger partial charge in [0.1, 0.15) is 0 Å². The minimum atomic E-state index is -0.394. The van der Waals surface area contributed by atoms with Gasteiger partial charge in [-0.05, 0) is 43.0 Å². The molecule has 1 aliphatic rings. The van der Waals surface area contributed by atoms with Crippen LogP contribution in [0.4, 0.5) is 0 Å². The van der Waals surface area contributed by atoms with Gasteiger partial charge in [-0.3, -0.25) is 4.79 Å². The molecule has 26 heavy (non-hydrogen) atoms. The van der Waals surface area contributed by atoms with Gasteiger partial charge in [0.2, 0.25) is 0 Å². The van der Waals surface area contributed by atoms with Crippen LogP contribution >= 0.6 is 0 Å².